The highest BCUT2D eigenvalue weighted by molar-refractivity contribution is 9.10. The third kappa shape index (κ3) is 5.73. The summed E-state index contributed by atoms with van der Waals surface area (Å²) in [6.07, 6.45) is 0. The molecule has 4 nitrogen and oxygen atoms in total. The van der Waals surface area contributed by atoms with E-state index in [9.17, 15) is 0 Å². The molecule has 0 fully saturated rings. The van der Waals surface area contributed by atoms with E-state index in [4.69, 9.17) is 17.0 Å². The number of benzene rings is 2. The molecule has 2 N–H and O–H groups in total. The quantitative estimate of drug-likeness (QED) is 0.728. The van der Waals surface area contributed by atoms with Gasteiger partial charge in [0.25, 0.3) is 0 Å². The Hall–Kier alpha value is -1.79. The van der Waals surface area contributed by atoms with Crippen molar-refractivity contribution in [1.29, 1.82) is 0 Å². The van der Waals surface area contributed by atoms with Crippen LogP contribution < -0.4 is 20.3 Å². The number of anilines is 2. The average molecular weight is 394 g/mol. The van der Waals surface area contributed by atoms with Crippen LogP contribution in [0.15, 0.2) is 53.0 Å². The average Bonchev–Trinajstić information content (AvgIpc) is 2.57. The minimum atomic E-state index is 0.621. The highest BCUT2D eigenvalue weighted by Crippen LogP contribution is 2.17. The van der Waals surface area contributed by atoms with Gasteiger partial charge in [-0.2, -0.15) is 0 Å². The number of nitrogens with one attached hydrogen (secondary N) is 2. The fraction of sp³-hybridized carbons (Fsp3) is 0.235. The lowest BCUT2D eigenvalue weighted by Gasteiger charge is -2.20. The van der Waals surface area contributed by atoms with Crippen molar-refractivity contribution in [1.82, 2.24) is 5.32 Å². The lowest BCUT2D eigenvalue weighted by molar-refractivity contribution is 0.415. The molecule has 2 aromatic carbocycles. The van der Waals surface area contributed by atoms with E-state index < -0.39 is 0 Å². The molecule has 0 saturated carbocycles. The summed E-state index contributed by atoms with van der Waals surface area (Å²) < 4.78 is 6.21. The maximum absolute atomic E-state index is 5.30. The van der Waals surface area contributed by atoms with Crippen LogP contribution in [0.5, 0.6) is 5.75 Å². The van der Waals surface area contributed by atoms with E-state index >= 15 is 0 Å². The molecule has 122 valence electrons. The molecular formula is C17H20BrN3OS. The summed E-state index contributed by atoms with van der Waals surface area (Å²) in [5.74, 6) is 0.861. The summed E-state index contributed by atoms with van der Waals surface area (Å²) in [6, 6.07) is 15.9. The Kier molecular flexibility index (Phi) is 6.67. The second kappa shape index (κ2) is 8.74. The van der Waals surface area contributed by atoms with Gasteiger partial charge in [-0.25, -0.2) is 0 Å². The van der Waals surface area contributed by atoms with Gasteiger partial charge < -0.3 is 20.3 Å². The molecule has 0 aliphatic carbocycles. The first-order chi connectivity index (χ1) is 11.1. The Balaban J connectivity index is 1.74. The van der Waals surface area contributed by atoms with Gasteiger partial charge in [-0.15, -0.1) is 0 Å². The van der Waals surface area contributed by atoms with Crippen LogP contribution in [0, 0.1) is 0 Å². The zero-order chi connectivity index (χ0) is 16.7. The molecule has 0 saturated heterocycles. The van der Waals surface area contributed by atoms with Gasteiger partial charge in [0.15, 0.2) is 5.11 Å². The number of likely N-dealkylation sites (N-methyl/N-ethyl adjacent to an activating group) is 1. The number of nitrogens with zero attached hydrogens (tertiary/aromatic N) is 1. The Bertz CT molecular complexity index is 631. The van der Waals surface area contributed by atoms with E-state index in [0.717, 1.165) is 34.7 Å². The van der Waals surface area contributed by atoms with Crippen LogP contribution in [0.4, 0.5) is 11.4 Å². The minimum absolute atomic E-state index is 0.621. The summed E-state index contributed by atoms with van der Waals surface area (Å²) in [4.78, 5) is 2.16. The second-order valence-corrected chi connectivity index (χ2v) is 6.33. The van der Waals surface area contributed by atoms with Crippen molar-refractivity contribution in [3.63, 3.8) is 0 Å². The van der Waals surface area contributed by atoms with Crippen LogP contribution in [0.3, 0.4) is 0 Å². The largest absolute Gasteiger partial charge is 0.497 e. The molecule has 6 heteroatoms. The molecule has 0 atom stereocenters. The van der Waals surface area contributed by atoms with Crippen molar-refractivity contribution in [2.45, 2.75) is 0 Å². The molecule has 0 heterocycles. The Morgan fingerprint density at radius 1 is 1.13 bits per heavy atom. The number of ether oxygens (including phenoxy) is 1. The first kappa shape index (κ1) is 17.6. The van der Waals surface area contributed by atoms with Gasteiger partial charge in [-0.1, -0.05) is 15.9 Å². The van der Waals surface area contributed by atoms with E-state index in [1.54, 1.807) is 7.11 Å². The van der Waals surface area contributed by atoms with Gasteiger partial charge in [-0.3, -0.25) is 0 Å². The summed E-state index contributed by atoms with van der Waals surface area (Å²) in [6.45, 7) is 1.60. The van der Waals surface area contributed by atoms with Crippen molar-refractivity contribution >= 4 is 44.6 Å². The van der Waals surface area contributed by atoms with Crippen molar-refractivity contribution in [2.75, 3.05) is 37.5 Å². The van der Waals surface area contributed by atoms with Gasteiger partial charge in [0.05, 0.1) is 7.11 Å². The van der Waals surface area contributed by atoms with Crippen molar-refractivity contribution in [3.05, 3.63) is 53.0 Å². The first-order valence-electron chi connectivity index (χ1n) is 7.24. The molecule has 0 spiro atoms. The number of rotatable bonds is 6. The molecule has 2 rings (SSSR count). The summed E-state index contributed by atoms with van der Waals surface area (Å²) in [5.41, 5.74) is 2.11. The molecule has 0 amide bonds. The molecule has 0 aliphatic rings. The van der Waals surface area contributed by atoms with Crippen LogP contribution in [-0.2, 0) is 0 Å². The lowest BCUT2D eigenvalue weighted by atomic mass is 10.3. The molecule has 0 unspecified atom stereocenters. The predicted molar refractivity (Wildman–Crippen MR) is 105 cm³/mol. The fourth-order valence-corrected chi connectivity index (χ4v) is 2.50. The van der Waals surface area contributed by atoms with Gasteiger partial charge in [0.1, 0.15) is 5.75 Å². The fourth-order valence-electron chi connectivity index (χ4n) is 2.01. The number of halogens is 1. The minimum Gasteiger partial charge on any atom is -0.497 e. The smallest absolute Gasteiger partial charge is 0.170 e. The number of methoxy groups -OCH3 is 1. The topological polar surface area (TPSA) is 36.5 Å². The van der Waals surface area contributed by atoms with Crippen LogP contribution in [0.25, 0.3) is 0 Å². The summed E-state index contributed by atoms with van der Waals surface area (Å²) >= 11 is 8.71. The zero-order valence-electron chi connectivity index (χ0n) is 13.2. The molecule has 0 bridgehead atoms. The van der Waals surface area contributed by atoms with Crippen LogP contribution in [0.2, 0.25) is 0 Å². The number of hydrogen-bond acceptors (Lipinski definition) is 3. The third-order valence-electron chi connectivity index (χ3n) is 3.35. The molecule has 23 heavy (non-hydrogen) atoms. The molecule has 0 aliphatic heterocycles. The van der Waals surface area contributed by atoms with Crippen LogP contribution in [-0.4, -0.2) is 32.4 Å². The van der Waals surface area contributed by atoms with Crippen LogP contribution in [0.1, 0.15) is 0 Å². The van der Waals surface area contributed by atoms with Gasteiger partial charge in [0.2, 0.25) is 0 Å². The number of thiocarbonyl (C=S) groups is 1. The first-order valence-corrected chi connectivity index (χ1v) is 8.44. The van der Waals surface area contributed by atoms with E-state index in [1.807, 2.05) is 48.5 Å². The van der Waals surface area contributed by atoms with Gasteiger partial charge >= 0.3 is 0 Å². The summed E-state index contributed by atoms with van der Waals surface area (Å²) in [5, 5.41) is 6.99. The number of hydrogen-bond donors (Lipinski definition) is 2. The van der Waals surface area contributed by atoms with Gasteiger partial charge in [-0.05, 0) is 60.7 Å². The van der Waals surface area contributed by atoms with Gasteiger partial charge in [0, 0.05) is 36.0 Å². The molecule has 0 radical (unpaired) electrons. The molecular weight excluding hydrogens is 374 g/mol. The maximum atomic E-state index is 5.30. The van der Waals surface area contributed by atoms with Crippen molar-refractivity contribution < 1.29 is 4.74 Å². The lowest BCUT2D eigenvalue weighted by Crippen LogP contribution is -2.35. The molecule has 2 aromatic rings. The standard InChI is InChI=1S/C17H20BrN3OS/c1-21(15-7-9-16(22-2)10-8-15)12-11-19-17(23)20-14-5-3-13(18)4-6-14/h3-10H,11-12H2,1-2H3,(H2,19,20,23). The van der Waals surface area contributed by atoms with E-state index in [1.165, 1.54) is 0 Å². The second-order valence-electron chi connectivity index (χ2n) is 5.01. The Morgan fingerprint density at radius 3 is 2.39 bits per heavy atom. The Morgan fingerprint density at radius 2 is 1.78 bits per heavy atom. The summed E-state index contributed by atoms with van der Waals surface area (Å²) in [7, 11) is 3.72. The Labute approximate surface area is 151 Å². The van der Waals surface area contributed by atoms with Crippen molar-refractivity contribution in [2.24, 2.45) is 0 Å². The third-order valence-corrected chi connectivity index (χ3v) is 4.12. The normalized spacial score (nSPS) is 10.0. The van der Waals surface area contributed by atoms with E-state index in [-0.39, 0.29) is 0 Å². The predicted octanol–water partition coefficient (Wildman–Crippen LogP) is 3.88. The van der Waals surface area contributed by atoms with Crippen molar-refractivity contribution in [3.8, 4) is 5.75 Å². The zero-order valence-corrected chi connectivity index (χ0v) is 15.6. The molecule has 0 aromatic heterocycles. The van der Waals surface area contributed by atoms with E-state index in [2.05, 4.69) is 38.5 Å². The van der Waals surface area contributed by atoms with E-state index in [0.29, 0.717) is 5.11 Å². The highest BCUT2D eigenvalue weighted by atomic mass is 79.9. The SMILES string of the molecule is COc1ccc(N(C)CCNC(=S)Nc2ccc(Br)cc2)cc1. The monoisotopic (exact) mass is 393 g/mol. The maximum Gasteiger partial charge on any atom is 0.170 e. The highest BCUT2D eigenvalue weighted by Gasteiger charge is 2.02. The van der Waals surface area contributed by atoms with Crippen LogP contribution >= 0.6 is 28.1 Å².